The van der Waals surface area contributed by atoms with Crippen LogP contribution in [-0.4, -0.2) is 67.2 Å². The molecular formula is C27H32F2N10O2S. The molecule has 3 N–H and O–H groups in total. The van der Waals surface area contributed by atoms with E-state index in [1.807, 2.05) is 7.05 Å². The quantitative estimate of drug-likeness (QED) is 0.229. The summed E-state index contributed by atoms with van der Waals surface area (Å²) in [5.74, 6) is 1.71. The van der Waals surface area contributed by atoms with Gasteiger partial charge in [0.25, 0.3) is 10.0 Å². The number of alkyl halides is 2. The highest BCUT2D eigenvalue weighted by molar-refractivity contribution is 7.90. The van der Waals surface area contributed by atoms with Gasteiger partial charge in [-0.25, -0.2) is 28.1 Å². The molecule has 0 bridgehead atoms. The third kappa shape index (κ3) is 6.11. The van der Waals surface area contributed by atoms with Crippen LogP contribution < -0.4 is 16.0 Å². The molecule has 2 aliphatic rings. The fourth-order valence-corrected chi connectivity index (χ4v) is 6.63. The molecule has 0 radical (unpaired) electrons. The SMILES string of the molecule is CNC1CCC(CNc2cc(Nc3ccnc(-c4cnn(S(=O)(=O)C5CC5)c4)n3)ncc2-c2ccn(C(F)F)n2)CC1. The molecule has 2 fully saturated rings. The van der Waals surface area contributed by atoms with E-state index < -0.39 is 16.6 Å². The first-order chi connectivity index (χ1) is 20.3. The van der Waals surface area contributed by atoms with Crippen molar-refractivity contribution in [3.8, 4) is 22.6 Å². The fourth-order valence-electron chi connectivity index (χ4n) is 5.15. The van der Waals surface area contributed by atoms with Gasteiger partial charge >= 0.3 is 6.55 Å². The van der Waals surface area contributed by atoms with Crippen LogP contribution in [0.15, 0.2) is 49.2 Å². The number of aromatic nitrogens is 7. The normalized spacial score (nSPS) is 19.2. The minimum atomic E-state index is -3.50. The summed E-state index contributed by atoms with van der Waals surface area (Å²) in [6, 6.07) is 5.56. The summed E-state index contributed by atoms with van der Waals surface area (Å²) in [7, 11) is -1.51. The second-order valence-corrected chi connectivity index (χ2v) is 12.8. The highest BCUT2D eigenvalue weighted by atomic mass is 32.2. The lowest BCUT2D eigenvalue weighted by Crippen LogP contribution is -2.32. The Morgan fingerprint density at radius 2 is 1.86 bits per heavy atom. The Hall–Kier alpha value is -3.98. The first-order valence-electron chi connectivity index (χ1n) is 13.9. The Kier molecular flexibility index (Phi) is 7.86. The molecule has 2 saturated carbocycles. The molecule has 0 aromatic carbocycles. The van der Waals surface area contributed by atoms with Gasteiger partial charge < -0.3 is 16.0 Å². The highest BCUT2D eigenvalue weighted by Crippen LogP contribution is 2.32. The summed E-state index contributed by atoms with van der Waals surface area (Å²) < 4.78 is 53.1. The van der Waals surface area contributed by atoms with Crippen LogP contribution in [0, 0.1) is 5.92 Å². The van der Waals surface area contributed by atoms with Crippen molar-refractivity contribution < 1.29 is 17.2 Å². The van der Waals surface area contributed by atoms with Crippen LogP contribution in [0.25, 0.3) is 22.6 Å². The lowest BCUT2D eigenvalue weighted by Gasteiger charge is -2.28. The molecule has 0 unspecified atom stereocenters. The molecule has 4 aromatic heterocycles. The third-order valence-electron chi connectivity index (χ3n) is 7.76. The Morgan fingerprint density at radius 3 is 2.57 bits per heavy atom. The molecule has 4 aromatic rings. The summed E-state index contributed by atoms with van der Waals surface area (Å²) in [5.41, 5.74) is 2.18. The van der Waals surface area contributed by atoms with Crippen molar-refractivity contribution >= 4 is 27.3 Å². The van der Waals surface area contributed by atoms with E-state index in [0.717, 1.165) is 36.3 Å². The summed E-state index contributed by atoms with van der Waals surface area (Å²) in [4.78, 5) is 13.3. The number of pyridine rings is 1. The molecule has 0 aliphatic heterocycles. The zero-order valence-corrected chi connectivity index (χ0v) is 23.8. The van der Waals surface area contributed by atoms with Crippen molar-refractivity contribution in [2.45, 2.75) is 56.4 Å². The van der Waals surface area contributed by atoms with E-state index in [9.17, 15) is 17.2 Å². The predicted molar refractivity (Wildman–Crippen MR) is 154 cm³/mol. The monoisotopic (exact) mass is 598 g/mol. The highest BCUT2D eigenvalue weighted by Gasteiger charge is 2.37. The summed E-state index contributed by atoms with van der Waals surface area (Å²) in [6.07, 6.45) is 12.9. The van der Waals surface area contributed by atoms with Crippen LogP contribution in [0.2, 0.25) is 0 Å². The number of anilines is 3. The second kappa shape index (κ2) is 11.7. The van der Waals surface area contributed by atoms with Gasteiger partial charge in [-0.1, -0.05) is 0 Å². The zero-order valence-electron chi connectivity index (χ0n) is 23.0. The van der Waals surface area contributed by atoms with E-state index >= 15 is 0 Å². The maximum Gasteiger partial charge on any atom is 0.333 e. The minimum Gasteiger partial charge on any atom is -0.384 e. The molecule has 42 heavy (non-hydrogen) atoms. The molecule has 6 rings (SSSR count). The lowest BCUT2D eigenvalue weighted by molar-refractivity contribution is 0.0568. The Labute approximate surface area is 242 Å². The van der Waals surface area contributed by atoms with Gasteiger partial charge in [-0.2, -0.15) is 23.1 Å². The number of halogens is 2. The topological polar surface area (TPSA) is 145 Å². The van der Waals surface area contributed by atoms with Crippen LogP contribution in [0.3, 0.4) is 0 Å². The molecule has 15 heteroatoms. The van der Waals surface area contributed by atoms with E-state index in [0.29, 0.717) is 69.5 Å². The van der Waals surface area contributed by atoms with E-state index in [4.69, 9.17) is 0 Å². The molecule has 0 spiro atoms. The average molecular weight is 599 g/mol. The average Bonchev–Trinajstić information content (AvgIpc) is 3.53. The van der Waals surface area contributed by atoms with Crippen LogP contribution in [-0.2, 0) is 10.0 Å². The van der Waals surface area contributed by atoms with Crippen LogP contribution in [0.1, 0.15) is 45.1 Å². The predicted octanol–water partition coefficient (Wildman–Crippen LogP) is 4.27. The molecule has 0 atom stereocenters. The van der Waals surface area contributed by atoms with Gasteiger partial charge in [0.05, 0.1) is 28.9 Å². The van der Waals surface area contributed by atoms with Gasteiger partial charge in [0.15, 0.2) is 5.82 Å². The summed E-state index contributed by atoms with van der Waals surface area (Å²) in [5, 5.41) is 17.7. The Balaban J connectivity index is 1.22. The maximum atomic E-state index is 13.2. The number of hydrogen-bond acceptors (Lipinski definition) is 10. The van der Waals surface area contributed by atoms with Crippen LogP contribution in [0.4, 0.5) is 26.1 Å². The van der Waals surface area contributed by atoms with Crippen LogP contribution in [0.5, 0.6) is 0 Å². The van der Waals surface area contributed by atoms with E-state index in [-0.39, 0.29) is 5.25 Å². The van der Waals surface area contributed by atoms with E-state index in [1.54, 1.807) is 30.6 Å². The van der Waals surface area contributed by atoms with Crippen molar-refractivity contribution in [3.63, 3.8) is 0 Å². The van der Waals surface area contributed by atoms with Crippen molar-refractivity contribution in [1.29, 1.82) is 0 Å². The number of rotatable bonds is 11. The molecular weight excluding hydrogens is 566 g/mol. The van der Waals surface area contributed by atoms with E-state index in [1.165, 1.54) is 18.6 Å². The van der Waals surface area contributed by atoms with Gasteiger partial charge in [-0.3, -0.25) is 0 Å². The van der Waals surface area contributed by atoms with Gasteiger partial charge in [0, 0.05) is 48.5 Å². The summed E-state index contributed by atoms with van der Waals surface area (Å²) >= 11 is 0. The van der Waals surface area contributed by atoms with E-state index in [2.05, 4.69) is 41.1 Å². The smallest absolute Gasteiger partial charge is 0.333 e. The molecule has 0 saturated heterocycles. The molecule has 4 heterocycles. The van der Waals surface area contributed by atoms with Crippen molar-refractivity contribution in [2.24, 2.45) is 5.92 Å². The fraction of sp³-hybridized carbons (Fsp3) is 0.444. The van der Waals surface area contributed by atoms with Gasteiger partial charge in [0.2, 0.25) is 0 Å². The third-order valence-corrected chi connectivity index (χ3v) is 9.80. The van der Waals surface area contributed by atoms with Gasteiger partial charge in [0.1, 0.15) is 11.6 Å². The molecule has 12 nitrogen and oxygen atoms in total. The molecule has 2 aliphatic carbocycles. The number of nitrogens with one attached hydrogen (secondary N) is 3. The molecule has 222 valence electrons. The lowest BCUT2D eigenvalue weighted by atomic mass is 9.86. The number of hydrogen-bond donors (Lipinski definition) is 3. The summed E-state index contributed by atoms with van der Waals surface area (Å²) in [6.45, 7) is -2.01. The van der Waals surface area contributed by atoms with Crippen LogP contribution >= 0.6 is 0 Å². The largest absolute Gasteiger partial charge is 0.384 e. The van der Waals surface area contributed by atoms with Crippen molar-refractivity contribution in [3.05, 3.63) is 49.2 Å². The zero-order chi connectivity index (χ0) is 29.3. The van der Waals surface area contributed by atoms with Crippen molar-refractivity contribution in [2.75, 3.05) is 24.2 Å². The first-order valence-corrected chi connectivity index (χ1v) is 15.4. The van der Waals surface area contributed by atoms with Gasteiger partial charge in [-0.15, -0.1) is 0 Å². The standard InChI is InChI=1S/C27H32F2N10O2S/c1-30-19-4-2-17(3-5-19)13-32-23-12-25(33-15-21(23)22-9-11-38(37-22)27(28)29)35-24-8-10-31-26(36-24)18-14-34-39(16-18)42(40,41)20-6-7-20/h8-12,14-17,19-20,27,30H,2-7,13H2,1H3,(H2,31,32,33,35,36). The maximum absolute atomic E-state index is 13.2. The Morgan fingerprint density at radius 1 is 1.05 bits per heavy atom. The number of nitrogens with zero attached hydrogens (tertiary/aromatic N) is 7. The molecule has 0 amide bonds. The first kappa shape index (κ1) is 28.2. The van der Waals surface area contributed by atoms with Gasteiger partial charge in [-0.05, 0) is 63.6 Å². The van der Waals surface area contributed by atoms with Crippen molar-refractivity contribution in [1.82, 2.24) is 39.2 Å². The Bertz CT molecular complexity index is 1650. The second-order valence-electron chi connectivity index (χ2n) is 10.7. The minimum absolute atomic E-state index is 0.307.